The first kappa shape index (κ1) is 15.6. The summed E-state index contributed by atoms with van der Waals surface area (Å²) in [6.45, 7) is 3.86. The van der Waals surface area contributed by atoms with Gasteiger partial charge in [0.2, 0.25) is 0 Å². The number of unbranched alkanes of at least 4 members (excludes halogenated alkanes) is 12. The van der Waals surface area contributed by atoms with E-state index in [1.54, 1.807) is 0 Å². The van der Waals surface area contributed by atoms with Gasteiger partial charge in [-0.25, -0.2) is 0 Å². The van der Waals surface area contributed by atoms with Gasteiger partial charge in [-0.05, 0) is 12.8 Å². The van der Waals surface area contributed by atoms with Crippen molar-refractivity contribution in [3.8, 4) is 5.92 Å². The minimum absolute atomic E-state index is 0.853. The quantitative estimate of drug-likeness (QED) is 0.302. The summed E-state index contributed by atoms with van der Waals surface area (Å²) in [7, 11) is 0. The van der Waals surface area contributed by atoms with Crippen LogP contribution >= 0.6 is 0 Å². The maximum Gasteiger partial charge on any atom is 0.00989 e. The first-order valence-electron chi connectivity index (χ1n) is 7.10. The molecule has 0 N–H and O–H groups in total. The lowest BCUT2D eigenvalue weighted by molar-refractivity contribution is 0.548. The molecule has 0 aromatic heterocycles. The van der Waals surface area contributed by atoms with Crippen LogP contribution in [0.25, 0.3) is 0 Å². The third-order valence-corrected chi connectivity index (χ3v) is 3.05. The van der Waals surface area contributed by atoms with Crippen LogP contribution in [-0.2, 0) is 0 Å². The number of hydrogen-bond acceptors (Lipinski definition) is 0. The highest BCUT2D eigenvalue weighted by molar-refractivity contribution is 4.74. The Morgan fingerprint density at radius 1 is 0.625 bits per heavy atom. The maximum absolute atomic E-state index is 6.79. The Morgan fingerprint density at radius 2 is 1.00 bits per heavy atom. The molecule has 0 bridgehead atoms. The summed E-state index contributed by atoms with van der Waals surface area (Å²) in [5.74, 6) is 2.45. The van der Waals surface area contributed by atoms with Crippen molar-refractivity contribution < 1.29 is 0 Å². The van der Waals surface area contributed by atoms with E-state index in [0.717, 1.165) is 19.3 Å². The van der Waals surface area contributed by atoms with E-state index in [1.807, 2.05) is 0 Å². The van der Waals surface area contributed by atoms with Gasteiger partial charge < -0.3 is 0 Å². The van der Waals surface area contributed by atoms with Gasteiger partial charge in [-0.15, -0.1) is 0 Å². The highest BCUT2D eigenvalue weighted by Gasteiger charge is 1.92. The molecule has 0 saturated carbocycles. The zero-order valence-corrected chi connectivity index (χ0v) is 10.9. The van der Waals surface area contributed by atoms with Crippen molar-refractivity contribution in [2.75, 3.05) is 0 Å². The van der Waals surface area contributed by atoms with Crippen molar-refractivity contribution in [2.45, 2.75) is 83.5 Å². The number of rotatable bonds is 12. The molecule has 0 aliphatic heterocycles. The van der Waals surface area contributed by atoms with Gasteiger partial charge in [-0.1, -0.05) is 83.5 Å². The van der Waals surface area contributed by atoms with Crippen LogP contribution in [0.4, 0.5) is 0 Å². The Morgan fingerprint density at radius 3 is 1.38 bits per heavy atom. The fourth-order valence-corrected chi connectivity index (χ4v) is 1.98. The van der Waals surface area contributed by atoms with Crippen molar-refractivity contribution in [2.24, 2.45) is 0 Å². The Kier molecular flexibility index (Phi) is 14.2. The molecule has 0 atom stereocenters. The molecule has 0 amide bonds. The lowest BCUT2D eigenvalue weighted by atomic mass is 10.0. The molecule has 0 fully saturated rings. The van der Waals surface area contributed by atoms with E-state index in [0.29, 0.717) is 0 Å². The lowest BCUT2D eigenvalue weighted by Crippen LogP contribution is -1.82. The molecule has 2 radical (unpaired) electrons. The summed E-state index contributed by atoms with van der Waals surface area (Å²) in [5, 5.41) is 0. The second-order valence-electron chi connectivity index (χ2n) is 4.67. The van der Waals surface area contributed by atoms with E-state index in [1.165, 1.54) is 64.2 Å². The standard InChI is InChI=1S/C16H28/c1-3-5-7-9-11-13-15-16-14-12-10-8-6-4-2/h1,3,5-16H2. The zero-order chi connectivity index (χ0) is 11.9. The SMILES string of the molecule is [C]#CCCCCCCCCCCCCC[CH2]. The third-order valence-electron chi connectivity index (χ3n) is 3.05. The molecule has 0 aliphatic rings. The summed E-state index contributed by atoms with van der Waals surface area (Å²) in [5.41, 5.74) is 0. The molecule has 0 spiro atoms. The van der Waals surface area contributed by atoms with E-state index in [-0.39, 0.29) is 0 Å². The second kappa shape index (κ2) is 14.6. The molecule has 0 nitrogen and oxygen atoms in total. The highest BCUT2D eigenvalue weighted by Crippen LogP contribution is 2.12. The Balaban J connectivity index is 2.86. The Labute approximate surface area is 103 Å². The molecule has 0 aliphatic carbocycles. The predicted octanol–water partition coefficient (Wildman–Crippen LogP) is 5.48. The minimum Gasteiger partial charge on any atom is -0.0891 e. The summed E-state index contributed by atoms with van der Waals surface area (Å²) < 4.78 is 0. The van der Waals surface area contributed by atoms with E-state index < -0.39 is 0 Å². The molecule has 92 valence electrons. The van der Waals surface area contributed by atoms with Crippen LogP contribution in [0.1, 0.15) is 83.5 Å². The molecule has 0 aromatic carbocycles. The molecule has 0 rings (SSSR count). The first-order chi connectivity index (χ1) is 7.91. The van der Waals surface area contributed by atoms with Gasteiger partial charge in [-0.3, -0.25) is 0 Å². The van der Waals surface area contributed by atoms with Gasteiger partial charge >= 0.3 is 0 Å². The Bertz CT molecular complexity index is 152. The molecule has 0 heterocycles. The molecule has 0 saturated heterocycles. The monoisotopic (exact) mass is 220 g/mol. The smallest absolute Gasteiger partial charge is 0.00989 e. The van der Waals surface area contributed by atoms with E-state index in [2.05, 4.69) is 12.8 Å². The second-order valence-corrected chi connectivity index (χ2v) is 4.67. The maximum atomic E-state index is 6.79. The molecule has 0 unspecified atom stereocenters. The zero-order valence-electron chi connectivity index (χ0n) is 10.9. The minimum atomic E-state index is 0.853. The van der Waals surface area contributed by atoms with Crippen LogP contribution in [0.15, 0.2) is 0 Å². The van der Waals surface area contributed by atoms with E-state index in [4.69, 9.17) is 6.42 Å². The van der Waals surface area contributed by atoms with Crippen LogP contribution in [0.3, 0.4) is 0 Å². The van der Waals surface area contributed by atoms with Gasteiger partial charge in [0.05, 0.1) is 0 Å². The third kappa shape index (κ3) is 13.6. The van der Waals surface area contributed by atoms with Crippen LogP contribution in [0.2, 0.25) is 0 Å². The van der Waals surface area contributed by atoms with Crippen LogP contribution in [0.5, 0.6) is 0 Å². The molecule has 16 heavy (non-hydrogen) atoms. The summed E-state index contributed by atoms with van der Waals surface area (Å²) in [6.07, 6.45) is 23.7. The van der Waals surface area contributed by atoms with Gasteiger partial charge in [0.15, 0.2) is 0 Å². The Hall–Kier alpha value is -0.440. The van der Waals surface area contributed by atoms with Crippen LogP contribution < -0.4 is 0 Å². The number of hydrogen-bond donors (Lipinski definition) is 0. The largest absolute Gasteiger partial charge is 0.0891 e. The van der Waals surface area contributed by atoms with Gasteiger partial charge in [0, 0.05) is 6.42 Å². The first-order valence-corrected chi connectivity index (χ1v) is 7.10. The van der Waals surface area contributed by atoms with Gasteiger partial charge in [-0.2, -0.15) is 0 Å². The van der Waals surface area contributed by atoms with Crippen molar-refractivity contribution in [3.05, 3.63) is 13.3 Å². The summed E-state index contributed by atoms with van der Waals surface area (Å²) >= 11 is 0. The summed E-state index contributed by atoms with van der Waals surface area (Å²) in [6, 6.07) is 0. The van der Waals surface area contributed by atoms with E-state index in [9.17, 15) is 0 Å². The van der Waals surface area contributed by atoms with Crippen molar-refractivity contribution in [1.29, 1.82) is 0 Å². The van der Waals surface area contributed by atoms with Crippen LogP contribution in [-0.4, -0.2) is 0 Å². The van der Waals surface area contributed by atoms with Crippen molar-refractivity contribution >= 4 is 0 Å². The molecular weight excluding hydrogens is 192 g/mol. The van der Waals surface area contributed by atoms with Gasteiger partial charge in [0.25, 0.3) is 0 Å². The molecule has 0 aromatic rings. The molecular formula is C16H28. The topological polar surface area (TPSA) is 0 Å². The van der Waals surface area contributed by atoms with Crippen molar-refractivity contribution in [1.82, 2.24) is 0 Å². The average Bonchev–Trinajstić information content (AvgIpc) is 2.31. The summed E-state index contributed by atoms with van der Waals surface area (Å²) in [4.78, 5) is 0. The van der Waals surface area contributed by atoms with E-state index >= 15 is 0 Å². The fourth-order valence-electron chi connectivity index (χ4n) is 1.98. The predicted molar refractivity (Wildman–Crippen MR) is 72.5 cm³/mol. The lowest BCUT2D eigenvalue weighted by Gasteiger charge is -2.01. The highest BCUT2D eigenvalue weighted by atomic mass is 14.0. The normalized spacial score (nSPS) is 10.2. The average molecular weight is 220 g/mol. The fraction of sp³-hybridized carbons (Fsp3) is 0.812. The van der Waals surface area contributed by atoms with Gasteiger partial charge in [0.1, 0.15) is 0 Å². The molecule has 0 heteroatoms. The van der Waals surface area contributed by atoms with Crippen molar-refractivity contribution in [3.63, 3.8) is 0 Å². The van der Waals surface area contributed by atoms with Crippen LogP contribution in [0, 0.1) is 19.3 Å².